The molecule has 1 heterocycles. The third kappa shape index (κ3) is 3.69. The van der Waals surface area contributed by atoms with E-state index in [4.69, 9.17) is 9.47 Å². The summed E-state index contributed by atoms with van der Waals surface area (Å²) >= 11 is 0. The number of imide groups is 1. The number of amides is 4. The Kier molecular flexibility index (Phi) is 5.54. The molecule has 8 nitrogen and oxygen atoms in total. The van der Waals surface area contributed by atoms with Gasteiger partial charge in [0.15, 0.2) is 11.5 Å². The van der Waals surface area contributed by atoms with Crippen LogP contribution < -0.4 is 20.1 Å². The molecule has 1 aliphatic carbocycles. The summed E-state index contributed by atoms with van der Waals surface area (Å²) in [7, 11) is 3.09. The third-order valence-corrected chi connectivity index (χ3v) is 5.89. The zero-order valence-corrected chi connectivity index (χ0v) is 17.6. The number of aryl methyl sites for hydroxylation is 1. The summed E-state index contributed by atoms with van der Waals surface area (Å²) in [6, 6.07) is 12.4. The molecule has 0 saturated carbocycles. The Morgan fingerprint density at radius 1 is 1.13 bits per heavy atom. The minimum atomic E-state index is -1.07. The number of hydrogen-bond donors (Lipinski definition) is 2. The number of hydrogen-bond acceptors (Lipinski definition) is 5. The summed E-state index contributed by atoms with van der Waals surface area (Å²) in [5, 5.41) is 5.62. The van der Waals surface area contributed by atoms with Gasteiger partial charge in [-0.2, -0.15) is 0 Å². The van der Waals surface area contributed by atoms with Crippen LogP contribution in [0.4, 0.5) is 4.79 Å². The van der Waals surface area contributed by atoms with Crippen molar-refractivity contribution in [3.05, 3.63) is 59.2 Å². The molecule has 1 aliphatic heterocycles. The van der Waals surface area contributed by atoms with Crippen LogP contribution in [0.25, 0.3) is 0 Å². The summed E-state index contributed by atoms with van der Waals surface area (Å²) in [6.07, 6.45) is 2.19. The van der Waals surface area contributed by atoms with Gasteiger partial charge in [-0.15, -0.1) is 0 Å². The third-order valence-electron chi connectivity index (χ3n) is 5.89. The summed E-state index contributed by atoms with van der Waals surface area (Å²) in [4.78, 5) is 39.4. The molecule has 0 aromatic heterocycles. The topological polar surface area (TPSA) is 97.0 Å². The first-order chi connectivity index (χ1) is 15.0. The van der Waals surface area contributed by atoms with E-state index >= 15 is 0 Å². The summed E-state index contributed by atoms with van der Waals surface area (Å²) in [5.74, 6) is 0.363. The van der Waals surface area contributed by atoms with Crippen LogP contribution in [0, 0.1) is 0 Å². The van der Waals surface area contributed by atoms with E-state index in [1.165, 1.54) is 7.11 Å². The van der Waals surface area contributed by atoms with E-state index in [2.05, 4.69) is 10.6 Å². The van der Waals surface area contributed by atoms with Crippen LogP contribution in [0.2, 0.25) is 0 Å². The lowest BCUT2D eigenvalue weighted by molar-refractivity contribution is -0.135. The molecular weight excluding hydrogens is 398 g/mol. The number of rotatable bonds is 6. The number of nitrogens with one attached hydrogen (secondary N) is 2. The Labute approximate surface area is 180 Å². The summed E-state index contributed by atoms with van der Waals surface area (Å²) < 4.78 is 10.5. The van der Waals surface area contributed by atoms with Gasteiger partial charge in [-0.3, -0.25) is 14.5 Å². The number of carbonyl (C=O) groups excluding carboxylic acids is 3. The van der Waals surface area contributed by atoms with E-state index in [0.717, 1.165) is 34.4 Å². The van der Waals surface area contributed by atoms with E-state index in [0.29, 0.717) is 17.9 Å². The number of nitrogens with zero attached hydrogens (tertiary/aromatic N) is 1. The first-order valence-corrected chi connectivity index (χ1v) is 10.2. The van der Waals surface area contributed by atoms with Crippen molar-refractivity contribution < 1.29 is 23.9 Å². The van der Waals surface area contributed by atoms with Gasteiger partial charge in [-0.1, -0.05) is 30.3 Å². The number of fused-ring (bicyclic) bond motifs is 2. The lowest BCUT2D eigenvalue weighted by atomic mass is 9.76. The molecule has 162 valence electrons. The molecule has 1 atom stereocenters. The Bertz CT molecular complexity index is 1040. The average molecular weight is 423 g/mol. The van der Waals surface area contributed by atoms with Crippen LogP contribution in [0.1, 0.15) is 29.5 Å². The molecule has 1 unspecified atom stereocenters. The van der Waals surface area contributed by atoms with Crippen molar-refractivity contribution in [1.29, 1.82) is 0 Å². The maximum Gasteiger partial charge on any atom is 0.325 e. The molecule has 1 spiro atoms. The highest BCUT2D eigenvalue weighted by molar-refractivity contribution is 6.09. The standard InChI is InChI=1S/C23H25N3O5/c1-30-18-10-9-15(12-19(18)31-2)13-24-20(27)14-26-21(28)23(25-22(26)29)11-5-7-16-6-3-4-8-17(16)23/h3-4,6,8-10,12H,5,7,11,13-14H2,1-2H3,(H,24,27)(H,25,29). The minimum absolute atomic E-state index is 0.233. The van der Waals surface area contributed by atoms with E-state index < -0.39 is 17.5 Å². The molecule has 2 aromatic rings. The van der Waals surface area contributed by atoms with Crippen molar-refractivity contribution in [3.63, 3.8) is 0 Å². The highest BCUT2D eigenvalue weighted by Crippen LogP contribution is 2.39. The summed E-state index contributed by atoms with van der Waals surface area (Å²) in [5.41, 5.74) is 1.62. The Hall–Kier alpha value is -3.55. The molecule has 2 aliphatic rings. The largest absolute Gasteiger partial charge is 0.493 e. The quantitative estimate of drug-likeness (QED) is 0.694. The van der Waals surface area contributed by atoms with E-state index in [1.807, 2.05) is 30.3 Å². The van der Waals surface area contributed by atoms with Gasteiger partial charge >= 0.3 is 6.03 Å². The molecule has 8 heteroatoms. The SMILES string of the molecule is COc1ccc(CNC(=O)CN2C(=O)NC3(CCCc4ccccc43)C2=O)cc1OC. The second kappa shape index (κ2) is 8.29. The molecule has 1 fully saturated rings. The Morgan fingerprint density at radius 3 is 2.68 bits per heavy atom. The molecule has 0 bridgehead atoms. The first-order valence-electron chi connectivity index (χ1n) is 10.2. The van der Waals surface area contributed by atoms with Gasteiger partial charge in [0.2, 0.25) is 5.91 Å². The maximum atomic E-state index is 13.3. The predicted octanol–water partition coefficient (Wildman–Crippen LogP) is 2.10. The van der Waals surface area contributed by atoms with Crippen molar-refractivity contribution in [2.24, 2.45) is 0 Å². The number of carbonyl (C=O) groups is 3. The molecule has 31 heavy (non-hydrogen) atoms. The van der Waals surface area contributed by atoms with E-state index in [1.54, 1.807) is 19.2 Å². The molecular formula is C23H25N3O5. The lowest BCUT2D eigenvalue weighted by Crippen LogP contribution is -2.47. The van der Waals surface area contributed by atoms with Crippen LogP contribution in [0.3, 0.4) is 0 Å². The average Bonchev–Trinajstić information content (AvgIpc) is 3.02. The maximum absolute atomic E-state index is 13.3. The van der Waals surface area contributed by atoms with Crippen LogP contribution in [-0.4, -0.2) is 43.5 Å². The van der Waals surface area contributed by atoms with Gasteiger partial charge in [0.25, 0.3) is 5.91 Å². The van der Waals surface area contributed by atoms with E-state index in [-0.39, 0.29) is 19.0 Å². The molecule has 0 radical (unpaired) electrons. The molecule has 2 N–H and O–H groups in total. The van der Waals surface area contributed by atoms with Gasteiger partial charge < -0.3 is 20.1 Å². The van der Waals surface area contributed by atoms with Crippen LogP contribution in [-0.2, 0) is 28.1 Å². The Balaban J connectivity index is 1.44. The molecule has 2 aromatic carbocycles. The lowest BCUT2D eigenvalue weighted by Gasteiger charge is -2.33. The first kappa shape index (κ1) is 20.7. The number of benzene rings is 2. The zero-order valence-electron chi connectivity index (χ0n) is 17.6. The minimum Gasteiger partial charge on any atom is -0.493 e. The van der Waals surface area contributed by atoms with Gasteiger partial charge in [-0.05, 0) is 48.1 Å². The molecule has 4 rings (SSSR count). The van der Waals surface area contributed by atoms with Crippen molar-refractivity contribution in [1.82, 2.24) is 15.5 Å². The van der Waals surface area contributed by atoms with Crippen molar-refractivity contribution in [2.45, 2.75) is 31.3 Å². The molecule has 1 saturated heterocycles. The van der Waals surface area contributed by atoms with E-state index in [9.17, 15) is 14.4 Å². The zero-order chi connectivity index (χ0) is 22.0. The fraction of sp³-hybridized carbons (Fsp3) is 0.348. The smallest absolute Gasteiger partial charge is 0.325 e. The number of ether oxygens (including phenoxy) is 2. The number of methoxy groups -OCH3 is 2. The number of urea groups is 1. The summed E-state index contributed by atoms with van der Waals surface area (Å²) in [6.45, 7) is -0.0985. The Morgan fingerprint density at radius 2 is 1.90 bits per heavy atom. The van der Waals surface area contributed by atoms with Gasteiger partial charge in [0, 0.05) is 6.54 Å². The van der Waals surface area contributed by atoms with Gasteiger partial charge in [-0.25, -0.2) is 4.79 Å². The van der Waals surface area contributed by atoms with Crippen LogP contribution in [0.15, 0.2) is 42.5 Å². The molecule has 4 amide bonds. The monoisotopic (exact) mass is 423 g/mol. The van der Waals surface area contributed by atoms with Crippen molar-refractivity contribution in [2.75, 3.05) is 20.8 Å². The second-order valence-electron chi connectivity index (χ2n) is 7.70. The van der Waals surface area contributed by atoms with Crippen LogP contribution in [0.5, 0.6) is 11.5 Å². The highest BCUT2D eigenvalue weighted by Gasteiger charge is 2.54. The second-order valence-corrected chi connectivity index (χ2v) is 7.70. The predicted molar refractivity (Wildman–Crippen MR) is 113 cm³/mol. The van der Waals surface area contributed by atoms with Crippen molar-refractivity contribution >= 4 is 17.8 Å². The van der Waals surface area contributed by atoms with Gasteiger partial charge in [0.1, 0.15) is 12.1 Å². The fourth-order valence-electron chi connectivity index (χ4n) is 4.35. The van der Waals surface area contributed by atoms with Crippen molar-refractivity contribution in [3.8, 4) is 11.5 Å². The van der Waals surface area contributed by atoms with Gasteiger partial charge in [0.05, 0.1) is 14.2 Å². The van der Waals surface area contributed by atoms with Crippen LogP contribution >= 0.6 is 0 Å². The fourth-order valence-corrected chi connectivity index (χ4v) is 4.35. The highest BCUT2D eigenvalue weighted by atomic mass is 16.5. The normalized spacial score (nSPS) is 19.7.